The molecule has 1 rings (SSSR count). The highest BCUT2D eigenvalue weighted by molar-refractivity contribution is 6.29. The van der Waals surface area contributed by atoms with E-state index in [-0.39, 0.29) is 5.56 Å². The molecule has 0 bridgehead atoms. The largest absolute Gasteiger partial charge is 0.268 e. The minimum absolute atomic E-state index is 0.101. The van der Waals surface area contributed by atoms with Gasteiger partial charge in [-0.05, 0) is 12.5 Å². The molecule has 11 heavy (non-hydrogen) atoms. The first-order chi connectivity index (χ1) is 5.24. The van der Waals surface area contributed by atoms with E-state index in [0.717, 1.165) is 6.42 Å². The summed E-state index contributed by atoms with van der Waals surface area (Å²) in [5.41, 5.74) is -0.101. The topological polar surface area (TPSA) is 34.9 Å². The minimum atomic E-state index is -0.101. The van der Waals surface area contributed by atoms with Crippen LogP contribution in [-0.2, 0) is 6.54 Å². The molecule has 1 aromatic heterocycles. The summed E-state index contributed by atoms with van der Waals surface area (Å²) in [6.07, 6.45) is 0.882. The predicted octanol–water partition coefficient (Wildman–Crippen LogP) is 1.31. The number of hydrogen-bond acceptors (Lipinski definition) is 2. The smallest absolute Gasteiger partial charge is 0.266 e. The Morgan fingerprint density at radius 2 is 2.36 bits per heavy atom. The van der Waals surface area contributed by atoms with Gasteiger partial charge in [0, 0.05) is 12.6 Å². The molecule has 0 unspecified atom stereocenters. The number of rotatable bonds is 2. The van der Waals surface area contributed by atoms with Gasteiger partial charge in [0.05, 0.1) is 0 Å². The SMILES string of the molecule is CCCn1nc(Cl)ccc1=O. The molecule has 0 spiro atoms. The van der Waals surface area contributed by atoms with E-state index >= 15 is 0 Å². The Kier molecular flexibility index (Phi) is 2.65. The fraction of sp³-hybridized carbons (Fsp3) is 0.429. The number of hydrogen-bond donors (Lipinski definition) is 0. The maximum atomic E-state index is 11.0. The van der Waals surface area contributed by atoms with Crippen molar-refractivity contribution in [2.75, 3.05) is 0 Å². The molecule has 3 nitrogen and oxygen atoms in total. The van der Waals surface area contributed by atoms with Gasteiger partial charge in [-0.3, -0.25) is 4.79 Å². The van der Waals surface area contributed by atoms with Crippen LogP contribution in [0.25, 0.3) is 0 Å². The van der Waals surface area contributed by atoms with Gasteiger partial charge in [0.1, 0.15) is 5.15 Å². The molecular weight excluding hydrogens is 164 g/mol. The fourth-order valence-electron chi connectivity index (χ4n) is 0.796. The van der Waals surface area contributed by atoms with Gasteiger partial charge in [-0.1, -0.05) is 18.5 Å². The lowest BCUT2D eigenvalue weighted by Crippen LogP contribution is -2.21. The van der Waals surface area contributed by atoms with Gasteiger partial charge in [-0.2, -0.15) is 5.10 Å². The Morgan fingerprint density at radius 1 is 1.64 bits per heavy atom. The molecule has 0 radical (unpaired) electrons. The molecule has 1 heterocycles. The van der Waals surface area contributed by atoms with Crippen LogP contribution in [-0.4, -0.2) is 9.78 Å². The Labute approximate surface area is 69.6 Å². The molecule has 0 amide bonds. The zero-order valence-electron chi connectivity index (χ0n) is 6.25. The zero-order chi connectivity index (χ0) is 8.27. The summed E-state index contributed by atoms with van der Waals surface area (Å²) >= 11 is 5.58. The lowest BCUT2D eigenvalue weighted by Gasteiger charge is -1.99. The quantitative estimate of drug-likeness (QED) is 0.674. The summed E-state index contributed by atoms with van der Waals surface area (Å²) in [7, 11) is 0. The molecule has 1 aromatic rings. The van der Waals surface area contributed by atoms with E-state index in [1.54, 1.807) is 0 Å². The predicted molar refractivity (Wildman–Crippen MR) is 43.8 cm³/mol. The van der Waals surface area contributed by atoms with Crippen molar-refractivity contribution in [3.63, 3.8) is 0 Å². The summed E-state index contributed by atoms with van der Waals surface area (Å²) in [6.45, 7) is 2.61. The third kappa shape index (κ3) is 2.05. The van der Waals surface area contributed by atoms with Crippen LogP contribution in [0.3, 0.4) is 0 Å². The van der Waals surface area contributed by atoms with Gasteiger partial charge in [0.15, 0.2) is 0 Å². The average Bonchev–Trinajstić information content (AvgIpc) is 1.98. The molecule has 0 saturated carbocycles. The second-order valence-corrected chi connectivity index (χ2v) is 2.60. The van der Waals surface area contributed by atoms with Crippen LogP contribution >= 0.6 is 11.6 Å². The summed E-state index contributed by atoms with van der Waals surface area (Å²) < 4.78 is 1.36. The molecule has 0 aliphatic heterocycles. The van der Waals surface area contributed by atoms with E-state index in [1.807, 2.05) is 6.92 Å². The van der Waals surface area contributed by atoms with Crippen LogP contribution in [0.15, 0.2) is 16.9 Å². The standard InChI is InChI=1S/C7H9ClN2O/c1-2-5-10-7(11)4-3-6(8)9-10/h3-4H,2,5H2,1H3. The first-order valence-corrected chi connectivity index (χ1v) is 3.85. The van der Waals surface area contributed by atoms with E-state index in [9.17, 15) is 4.79 Å². The monoisotopic (exact) mass is 172 g/mol. The molecule has 4 heteroatoms. The van der Waals surface area contributed by atoms with Crippen LogP contribution in [0.1, 0.15) is 13.3 Å². The highest BCUT2D eigenvalue weighted by Crippen LogP contribution is 1.97. The van der Waals surface area contributed by atoms with Crippen molar-refractivity contribution in [1.82, 2.24) is 9.78 Å². The van der Waals surface area contributed by atoms with Crippen molar-refractivity contribution in [2.24, 2.45) is 0 Å². The van der Waals surface area contributed by atoms with Gasteiger partial charge >= 0.3 is 0 Å². The lowest BCUT2D eigenvalue weighted by molar-refractivity contribution is 0.568. The summed E-state index contributed by atoms with van der Waals surface area (Å²) in [6, 6.07) is 2.92. The number of aromatic nitrogens is 2. The lowest BCUT2D eigenvalue weighted by atomic mass is 10.5. The second-order valence-electron chi connectivity index (χ2n) is 2.22. The van der Waals surface area contributed by atoms with Crippen molar-refractivity contribution in [1.29, 1.82) is 0 Å². The molecule has 0 aliphatic rings. The number of aryl methyl sites for hydroxylation is 1. The van der Waals surface area contributed by atoms with Crippen molar-refractivity contribution in [3.8, 4) is 0 Å². The summed E-state index contributed by atoms with van der Waals surface area (Å²) in [5, 5.41) is 4.19. The van der Waals surface area contributed by atoms with Gasteiger partial charge < -0.3 is 0 Å². The van der Waals surface area contributed by atoms with E-state index in [4.69, 9.17) is 11.6 Å². The molecule has 60 valence electrons. The molecule has 0 atom stereocenters. The van der Waals surface area contributed by atoms with Crippen molar-refractivity contribution in [3.05, 3.63) is 27.6 Å². The highest BCUT2D eigenvalue weighted by Gasteiger charge is 1.95. The van der Waals surface area contributed by atoms with Gasteiger partial charge in [0.2, 0.25) is 0 Å². The van der Waals surface area contributed by atoms with E-state index < -0.39 is 0 Å². The van der Waals surface area contributed by atoms with Crippen LogP contribution in [0.4, 0.5) is 0 Å². The minimum Gasteiger partial charge on any atom is -0.268 e. The third-order valence-electron chi connectivity index (χ3n) is 1.27. The Hall–Kier alpha value is -0.830. The van der Waals surface area contributed by atoms with E-state index in [2.05, 4.69) is 5.10 Å². The van der Waals surface area contributed by atoms with Crippen LogP contribution in [0, 0.1) is 0 Å². The molecule has 0 N–H and O–H groups in total. The van der Waals surface area contributed by atoms with Crippen molar-refractivity contribution < 1.29 is 0 Å². The molecule has 0 saturated heterocycles. The first-order valence-electron chi connectivity index (χ1n) is 3.47. The normalized spacial score (nSPS) is 10.0. The van der Waals surface area contributed by atoms with E-state index in [1.165, 1.54) is 16.8 Å². The van der Waals surface area contributed by atoms with Crippen LogP contribution in [0.2, 0.25) is 5.15 Å². The summed E-state index contributed by atoms with van der Waals surface area (Å²) in [5.74, 6) is 0. The van der Waals surface area contributed by atoms with Gasteiger partial charge in [-0.15, -0.1) is 0 Å². The Balaban J connectivity index is 3.03. The third-order valence-corrected chi connectivity index (χ3v) is 1.47. The number of nitrogens with zero attached hydrogens (tertiary/aromatic N) is 2. The molecule has 0 aliphatic carbocycles. The average molecular weight is 173 g/mol. The second kappa shape index (κ2) is 3.53. The van der Waals surface area contributed by atoms with Gasteiger partial charge in [0.25, 0.3) is 5.56 Å². The highest BCUT2D eigenvalue weighted by atomic mass is 35.5. The first kappa shape index (κ1) is 8.27. The summed E-state index contributed by atoms with van der Waals surface area (Å²) in [4.78, 5) is 11.0. The fourth-order valence-corrected chi connectivity index (χ4v) is 0.950. The van der Waals surface area contributed by atoms with Gasteiger partial charge in [-0.25, -0.2) is 4.68 Å². The maximum Gasteiger partial charge on any atom is 0.266 e. The van der Waals surface area contributed by atoms with Crippen LogP contribution in [0.5, 0.6) is 0 Å². The molecule has 0 fully saturated rings. The Bertz CT molecular complexity index is 295. The van der Waals surface area contributed by atoms with Crippen LogP contribution < -0.4 is 5.56 Å². The maximum absolute atomic E-state index is 11.0. The zero-order valence-corrected chi connectivity index (χ0v) is 7.01. The van der Waals surface area contributed by atoms with E-state index in [0.29, 0.717) is 11.7 Å². The van der Waals surface area contributed by atoms with Crippen molar-refractivity contribution >= 4 is 11.6 Å². The molecular formula is C7H9ClN2O. The molecule has 0 aromatic carbocycles. The number of halogens is 1. The van der Waals surface area contributed by atoms with Crippen molar-refractivity contribution in [2.45, 2.75) is 19.9 Å². The Morgan fingerprint density at radius 3 is 3.00 bits per heavy atom.